The molecule has 0 spiro atoms. The van der Waals surface area contributed by atoms with Crippen LogP contribution in [0.5, 0.6) is 0 Å². The second-order valence-electron chi connectivity index (χ2n) is 10.9. The Bertz CT molecular complexity index is 643. The molecule has 0 bridgehead atoms. The summed E-state index contributed by atoms with van der Waals surface area (Å²) in [6, 6.07) is 0. The molecule has 0 aromatic heterocycles. The van der Waals surface area contributed by atoms with Crippen LogP contribution in [0.25, 0.3) is 0 Å². The van der Waals surface area contributed by atoms with Crippen LogP contribution in [0.4, 0.5) is 0 Å². The van der Waals surface area contributed by atoms with Gasteiger partial charge in [-0.1, -0.05) is 57.6 Å². The van der Waals surface area contributed by atoms with Gasteiger partial charge in [-0.15, -0.1) is 0 Å². The summed E-state index contributed by atoms with van der Waals surface area (Å²) in [5.74, 6) is 2.32. The molecular formula is C27H44O2. The van der Waals surface area contributed by atoms with Crippen molar-refractivity contribution in [3.8, 4) is 0 Å². The van der Waals surface area contributed by atoms with E-state index in [0.717, 1.165) is 32.1 Å². The van der Waals surface area contributed by atoms with Gasteiger partial charge in [-0.05, 0) is 98.9 Å². The van der Waals surface area contributed by atoms with E-state index < -0.39 is 0 Å². The lowest BCUT2D eigenvalue weighted by Crippen LogP contribution is -2.39. The van der Waals surface area contributed by atoms with E-state index >= 15 is 0 Å². The maximum Gasteiger partial charge on any atom is 0.0583 e. The highest BCUT2D eigenvalue weighted by Crippen LogP contribution is 2.60. The van der Waals surface area contributed by atoms with Crippen LogP contribution in [-0.4, -0.2) is 22.4 Å². The van der Waals surface area contributed by atoms with Crippen molar-refractivity contribution in [1.29, 1.82) is 0 Å². The van der Waals surface area contributed by atoms with E-state index in [1.807, 2.05) is 0 Å². The molecule has 0 heterocycles. The number of hydrogen-bond acceptors (Lipinski definition) is 2. The monoisotopic (exact) mass is 400 g/mol. The topological polar surface area (TPSA) is 40.5 Å². The molecule has 3 aliphatic carbocycles. The third-order valence-electron chi connectivity index (χ3n) is 8.51. The predicted octanol–water partition coefficient (Wildman–Crippen LogP) is 6.59. The minimum absolute atomic E-state index is 0.165. The SMILES string of the molecule is C=C1CC[C@@H](O)C/C1=C/C=C1\CCC[C@]2(C)[C@@H]([C@H](C)[C@@H](O)CCC(C)C)CC[C@@H]12. The van der Waals surface area contributed by atoms with E-state index in [0.29, 0.717) is 29.1 Å². The van der Waals surface area contributed by atoms with E-state index in [1.54, 1.807) is 5.57 Å². The smallest absolute Gasteiger partial charge is 0.0583 e. The van der Waals surface area contributed by atoms with Crippen molar-refractivity contribution in [2.45, 2.75) is 104 Å². The third-order valence-corrected chi connectivity index (χ3v) is 8.51. The summed E-state index contributed by atoms with van der Waals surface area (Å²) < 4.78 is 0. The van der Waals surface area contributed by atoms with Crippen LogP contribution in [0, 0.1) is 29.1 Å². The molecule has 3 saturated carbocycles. The first-order valence-electron chi connectivity index (χ1n) is 12.2. The molecule has 0 saturated heterocycles. The van der Waals surface area contributed by atoms with Gasteiger partial charge in [-0.25, -0.2) is 0 Å². The molecule has 29 heavy (non-hydrogen) atoms. The molecule has 0 unspecified atom stereocenters. The van der Waals surface area contributed by atoms with E-state index in [1.165, 1.54) is 43.3 Å². The number of hydrogen-bond donors (Lipinski definition) is 2. The summed E-state index contributed by atoms with van der Waals surface area (Å²) >= 11 is 0. The van der Waals surface area contributed by atoms with Gasteiger partial charge < -0.3 is 10.2 Å². The Balaban J connectivity index is 1.73. The molecule has 2 nitrogen and oxygen atoms in total. The van der Waals surface area contributed by atoms with Crippen molar-refractivity contribution in [2.24, 2.45) is 29.1 Å². The number of aliphatic hydroxyl groups is 2. The first-order valence-corrected chi connectivity index (χ1v) is 12.2. The molecule has 3 aliphatic rings. The van der Waals surface area contributed by atoms with Crippen LogP contribution < -0.4 is 0 Å². The van der Waals surface area contributed by atoms with Crippen molar-refractivity contribution in [3.05, 3.63) is 35.5 Å². The maximum absolute atomic E-state index is 10.9. The molecule has 0 amide bonds. The highest BCUT2D eigenvalue weighted by molar-refractivity contribution is 5.36. The van der Waals surface area contributed by atoms with Gasteiger partial charge in [0.05, 0.1) is 12.2 Å². The van der Waals surface area contributed by atoms with Crippen LogP contribution in [0.1, 0.15) is 91.9 Å². The lowest BCUT2D eigenvalue weighted by atomic mass is 9.60. The molecule has 0 radical (unpaired) electrons. The fourth-order valence-electron chi connectivity index (χ4n) is 6.57. The molecule has 0 aliphatic heterocycles. The minimum Gasteiger partial charge on any atom is -0.393 e. The average Bonchev–Trinajstić information content (AvgIpc) is 3.03. The zero-order valence-corrected chi connectivity index (χ0v) is 19.3. The van der Waals surface area contributed by atoms with Crippen molar-refractivity contribution < 1.29 is 10.2 Å². The van der Waals surface area contributed by atoms with Crippen molar-refractivity contribution >= 4 is 0 Å². The Morgan fingerprint density at radius 1 is 1.10 bits per heavy atom. The molecule has 2 heteroatoms. The van der Waals surface area contributed by atoms with Gasteiger partial charge in [0.1, 0.15) is 0 Å². The second-order valence-corrected chi connectivity index (χ2v) is 10.9. The zero-order chi connectivity index (χ0) is 21.2. The quantitative estimate of drug-likeness (QED) is 0.528. The van der Waals surface area contributed by atoms with Crippen molar-refractivity contribution in [1.82, 2.24) is 0 Å². The molecule has 0 aromatic rings. The van der Waals surface area contributed by atoms with Gasteiger partial charge in [-0.2, -0.15) is 0 Å². The standard InChI is InChI=1S/C27H44O2/c1-18(2)8-15-26(29)20(4)24-13-14-25-21(7-6-16-27(24,25)5)10-11-22-17-23(28)12-9-19(22)3/h10-11,18,20,23-26,28-29H,3,6-9,12-17H2,1-2,4-5H3/b21-10+,22-11-/t20-,23+,24+,25-,26-,27+/m0/s1. The van der Waals surface area contributed by atoms with Crippen molar-refractivity contribution in [3.63, 3.8) is 0 Å². The van der Waals surface area contributed by atoms with E-state index in [4.69, 9.17) is 0 Å². The van der Waals surface area contributed by atoms with E-state index in [2.05, 4.69) is 46.4 Å². The van der Waals surface area contributed by atoms with Gasteiger partial charge in [-0.3, -0.25) is 0 Å². The predicted molar refractivity (Wildman–Crippen MR) is 123 cm³/mol. The fourth-order valence-corrected chi connectivity index (χ4v) is 6.57. The van der Waals surface area contributed by atoms with Crippen LogP contribution in [0.2, 0.25) is 0 Å². The molecule has 0 aromatic carbocycles. The molecule has 6 atom stereocenters. The second kappa shape index (κ2) is 9.52. The highest BCUT2D eigenvalue weighted by Gasteiger charge is 2.51. The molecule has 2 N–H and O–H groups in total. The summed E-state index contributed by atoms with van der Waals surface area (Å²) in [5, 5.41) is 20.9. The Labute approximate surface area is 179 Å². The largest absolute Gasteiger partial charge is 0.393 e. The van der Waals surface area contributed by atoms with Crippen LogP contribution in [0.15, 0.2) is 35.5 Å². The van der Waals surface area contributed by atoms with Gasteiger partial charge in [0.2, 0.25) is 0 Å². The average molecular weight is 401 g/mol. The fraction of sp³-hybridized carbons (Fsp3) is 0.778. The maximum atomic E-state index is 10.9. The number of allylic oxidation sites excluding steroid dienone is 4. The Kier molecular flexibility index (Phi) is 7.49. The number of aliphatic hydroxyl groups excluding tert-OH is 2. The first kappa shape index (κ1) is 22.8. The van der Waals surface area contributed by atoms with E-state index in [-0.39, 0.29) is 12.2 Å². The number of rotatable bonds is 6. The Morgan fingerprint density at radius 2 is 1.86 bits per heavy atom. The van der Waals surface area contributed by atoms with Crippen LogP contribution in [-0.2, 0) is 0 Å². The van der Waals surface area contributed by atoms with Crippen LogP contribution in [0.3, 0.4) is 0 Å². The summed E-state index contributed by atoms with van der Waals surface area (Å²) in [7, 11) is 0. The van der Waals surface area contributed by atoms with E-state index in [9.17, 15) is 10.2 Å². The van der Waals surface area contributed by atoms with Crippen LogP contribution >= 0.6 is 0 Å². The lowest BCUT2D eigenvalue weighted by molar-refractivity contribution is 0.0147. The normalized spacial score (nSPS) is 37.9. The van der Waals surface area contributed by atoms with Crippen molar-refractivity contribution in [2.75, 3.05) is 0 Å². The first-order chi connectivity index (χ1) is 13.7. The van der Waals surface area contributed by atoms with Gasteiger partial charge in [0, 0.05) is 0 Å². The molecule has 3 rings (SSSR count). The summed E-state index contributed by atoms with van der Waals surface area (Å²) in [6.45, 7) is 13.5. The minimum atomic E-state index is -0.203. The van der Waals surface area contributed by atoms with Gasteiger partial charge >= 0.3 is 0 Å². The summed E-state index contributed by atoms with van der Waals surface area (Å²) in [5.41, 5.74) is 4.38. The summed E-state index contributed by atoms with van der Waals surface area (Å²) in [6.07, 6.45) is 15.1. The third kappa shape index (κ3) is 5.07. The molecule has 164 valence electrons. The highest BCUT2D eigenvalue weighted by atomic mass is 16.3. The summed E-state index contributed by atoms with van der Waals surface area (Å²) in [4.78, 5) is 0. The zero-order valence-electron chi connectivity index (χ0n) is 19.3. The molecular weight excluding hydrogens is 356 g/mol. The Morgan fingerprint density at radius 3 is 2.59 bits per heavy atom. The van der Waals surface area contributed by atoms with Gasteiger partial charge in [0.25, 0.3) is 0 Å². The molecule has 3 fully saturated rings. The van der Waals surface area contributed by atoms with Gasteiger partial charge in [0.15, 0.2) is 0 Å². The Hall–Kier alpha value is -0.860. The number of fused-ring (bicyclic) bond motifs is 1. The lowest BCUT2D eigenvalue weighted by Gasteiger charge is -2.45.